The van der Waals surface area contributed by atoms with E-state index in [1.54, 1.807) is 0 Å². The van der Waals surface area contributed by atoms with Crippen LogP contribution in [0.25, 0.3) is 5.57 Å². The van der Waals surface area contributed by atoms with Crippen molar-refractivity contribution in [2.24, 2.45) is 11.3 Å². The zero-order valence-corrected chi connectivity index (χ0v) is 17.3. The molecule has 1 saturated heterocycles. The maximum atomic E-state index is 6.29. The molecule has 26 heavy (non-hydrogen) atoms. The molecule has 0 saturated carbocycles. The van der Waals surface area contributed by atoms with Crippen molar-refractivity contribution < 1.29 is 0 Å². The van der Waals surface area contributed by atoms with Crippen LogP contribution in [0.4, 0.5) is 0 Å². The normalized spacial score (nSPS) is 30.7. The molecule has 1 aliphatic carbocycles. The molecule has 1 nitrogen and oxygen atoms in total. The van der Waals surface area contributed by atoms with E-state index >= 15 is 0 Å². The summed E-state index contributed by atoms with van der Waals surface area (Å²) in [5.74, 6) is 0.316. The van der Waals surface area contributed by atoms with E-state index in [4.69, 9.17) is 23.2 Å². The largest absolute Gasteiger partial charge is 0.307 e. The molecule has 1 fully saturated rings. The van der Waals surface area contributed by atoms with Gasteiger partial charge in [-0.25, -0.2) is 0 Å². The lowest BCUT2D eigenvalue weighted by Gasteiger charge is -2.49. The monoisotopic (exact) mass is 387 g/mol. The van der Waals surface area contributed by atoms with Crippen LogP contribution in [0.5, 0.6) is 0 Å². The first kappa shape index (κ1) is 19.5. The molecule has 4 rings (SSSR count). The number of piperidine rings is 1. The summed E-state index contributed by atoms with van der Waals surface area (Å²) in [6.07, 6.45) is 8.60. The Bertz CT molecular complexity index is 800. The highest BCUT2D eigenvalue weighted by atomic mass is 35.5. The summed E-state index contributed by atoms with van der Waals surface area (Å²) in [6, 6.07) is 6.51. The Kier molecular flexibility index (Phi) is 5.53. The SMILES string of the molecule is C=C(C)CC1NC2/C=C\C=C(\c3ccc(Cl)c(Cl)c3)C(=C)C1C(C)(C)C2. The van der Waals surface area contributed by atoms with Crippen LogP contribution in [0, 0.1) is 11.3 Å². The maximum Gasteiger partial charge on any atom is 0.0598 e. The van der Waals surface area contributed by atoms with Gasteiger partial charge in [0.2, 0.25) is 0 Å². The van der Waals surface area contributed by atoms with Crippen LogP contribution in [0.1, 0.15) is 39.2 Å². The second-order valence-electron chi connectivity index (χ2n) is 8.33. The van der Waals surface area contributed by atoms with E-state index in [9.17, 15) is 0 Å². The van der Waals surface area contributed by atoms with Crippen molar-refractivity contribution in [2.75, 3.05) is 0 Å². The first-order valence-electron chi connectivity index (χ1n) is 9.12. The first-order valence-corrected chi connectivity index (χ1v) is 9.88. The molecule has 0 spiro atoms. The summed E-state index contributed by atoms with van der Waals surface area (Å²) in [6.45, 7) is 15.5. The molecule has 3 atom stereocenters. The number of nitrogens with one attached hydrogen (secondary N) is 1. The van der Waals surface area contributed by atoms with Crippen LogP contribution < -0.4 is 5.32 Å². The van der Waals surface area contributed by atoms with Crippen molar-refractivity contribution in [1.29, 1.82) is 0 Å². The third-order valence-corrected chi connectivity index (χ3v) is 6.28. The van der Waals surface area contributed by atoms with E-state index in [2.05, 4.69) is 57.5 Å². The molecule has 1 aromatic carbocycles. The predicted molar refractivity (Wildman–Crippen MR) is 115 cm³/mol. The van der Waals surface area contributed by atoms with Crippen LogP contribution in [-0.2, 0) is 0 Å². The molecular formula is C23H27Cl2N. The van der Waals surface area contributed by atoms with Gasteiger partial charge in [0.25, 0.3) is 0 Å². The minimum Gasteiger partial charge on any atom is -0.307 e. The van der Waals surface area contributed by atoms with E-state index < -0.39 is 0 Å². The van der Waals surface area contributed by atoms with Crippen molar-refractivity contribution in [3.8, 4) is 0 Å². The Morgan fingerprint density at radius 3 is 2.65 bits per heavy atom. The van der Waals surface area contributed by atoms with E-state index in [0.717, 1.165) is 29.6 Å². The molecule has 1 N–H and O–H groups in total. The summed E-state index contributed by atoms with van der Waals surface area (Å²) in [5, 5.41) is 4.96. The third kappa shape index (κ3) is 3.86. The summed E-state index contributed by atoms with van der Waals surface area (Å²) in [4.78, 5) is 0. The second-order valence-corrected chi connectivity index (χ2v) is 9.15. The number of allylic oxidation sites excluding steroid dienone is 3. The molecule has 2 heterocycles. The lowest BCUT2D eigenvalue weighted by molar-refractivity contribution is 0.116. The zero-order chi connectivity index (χ0) is 19.1. The molecule has 3 aliphatic rings. The molecular weight excluding hydrogens is 361 g/mol. The fourth-order valence-corrected chi connectivity index (χ4v) is 4.86. The van der Waals surface area contributed by atoms with Gasteiger partial charge in [-0.15, -0.1) is 6.58 Å². The average Bonchev–Trinajstić information content (AvgIpc) is 2.60. The lowest BCUT2D eigenvalue weighted by Crippen LogP contribution is -2.54. The zero-order valence-electron chi connectivity index (χ0n) is 15.8. The smallest absolute Gasteiger partial charge is 0.0598 e. The minimum atomic E-state index is 0.136. The van der Waals surface area contributed by atoms with Crippen LogP contribution in [0.3, 0.4) is 0 Å². The quantitative estimate of drug-likeness (QED) is 0.559. The molecule has 0 radical (unpaired) electrons. The predicted octanol–water partition coefficient (Wildman–Crippen LogP) is 6.84. The van der Waals surface area contributed by atoms with E-state index in [0.29, 0.717) is 28.0 Å². The van der Waals surface area contributed by atoms with Gasteiger partial charge < -0.3 is 5.32 Å². The molecule has 0 aromatic heterocycles. The number of halogens is 2. The Balaban J connectivity index is 2.09. The van der Waals surface area contributed by atoms with Gasteiger partial charge >= 0.3 is 0 Å². The standard InChI is InChI=1S/C23H27Cl2N/c1-14(2)11-21-22-15(3)18(16-9-10-19(24)20(25)12-16)8-6-7-17(26-21)13-23(22,4)5/h6-10,12,17,21-22,26H,1,3,11,13H2,2,4-5H3/b7-6-,18-8+. The van der Waals surface area contributed by atoms with Crippen molar-refractivity contribution in [3.05, 3.63) is 76.3 Å². The molecule has 2 aliphatic heterocycles. The van der Waals surface area contributed by atoms with Gasteiger partial charge in [-0.05, 0) is 54.0 Å². The molecule has 138 valence electrons. The van der Waals surface area contributed by atoms with Gasteiger partial charge in [0, 0.05) is 18.0 Å². The fraction of sp³-hybridized carbons (Fsp3) is 0.391. The third-order valence-electron chi connectivity index (χ3n) is 5.55. The van der Waals surface area contributed by atoms with Crippen LogP contribution in [-0.4, -0.2) is 12.1 Å². The number of rotatable bonds is 3. The van der Waals surface area contributed by atoms with Gasteiger partial charge in [-0.3, -0.25) is 0 Å². The fourth-order valence-electron chi connectivity index (χ4n) is 4.56. The summed E-state index contributed by atoms with van der Waals surface area (Å²) >= 11 is 12.4. The van der Waals surface area contributed by atoms with E-state index in [1.165, 1.54) is 5.57 Å². The number of fused-ring (bicyclic) bond motifs is 4. The van der Waals surface area contributed by atoms with E-state index in [1.807, 2.05) is 18.2 Å². The van der Waals surface area contributed by atoms with Crippen molar-refractivity contribution in [1.82, 2.24) is 5.32 Å². The minimum absolute atomic E-state index is 0.136. The summed E-state index contributed by atoms with van der Waals surface area (Å²) < 4.78 is 0. The molecule has 1 aromatic rings. The topological polar surface area (TPSA) is 12.0 Å². The Labute approximate surface area is 167 Å². The van der Waals surface area contributed by atoms with Gasteiger partial charge in [-0.2, -0.15) is 0 Å². The first-order chi connectivity index (χ1) is 12.2. The molecule has 2 bridgehead atoms. The summed E-state index contributed by atoms with van der Waals surface area (Å²) in [5.41, 5.74) is 4.67. The summed E-state index contributed by atoms with van der Waals surface area (Å²) in [7, 11) is 0. The second kappa shape index (κ2) is 7.38. The molecule has 3 heteroatoms. The molecule has 0 amide bonds. The Morgan fingerprint density at radius 2 is 2.00 bits per heavy atom. The van der Waals surface area contributed by atoms with Crippen molar-refractivity contribution in [2.45, 2.75) is 45.7 Å². The highest BCUT2D eigenvalue weighted by molar-refractivity contribution is 6.42. The molecule has 3 unspecified atom stereocenters. The maximum absolute atomic E-state index is 6.29. The van der Waals surface area contributed by atoms with Crippen LogP contribution in [0.15, 0.2) is 60.7 Å². The Morgan fingerprint density at radius 1 is 1.27 bits per heavy atom. The van der Waals surface area contributed by atoms with E-state index in [-0.39, 0.29) is 5.41 Å². The highest BCUT2D eigenvalue weighted by Gasteiger charge is 2.44. The lowest BCUT2D eigenvalue weighted by atomic mass is 9.63. The van der Waals surface area contributed by atoms with Crippen LogP contribution in [0.2, 0.25) is 10.0 Å². The average molecular weight is 388 g/mol. The van der Waals surface area contributed by atoms with Crippen molar-refractivity contribution in [3.63, 3.8) is 0 Å². The van der Waals surface area contributed by atoms with Gasteiger partial charge in [0.05, 0.1) is 10.0 Å². The number of hydrogen-bond donors (Lipinski definition) is 1. The van der Waals surface area contributed by atoms with Crippen LogP contribution >= 0.6 is 23.2 Å². The Hall–Kier alpha value is -1.28. The van der Waals surface area contributed by atoms with Gasteiger partial charge in [-0.1, -0.05) is 73.5 Å². The highest BCUT2D eigenvalue weighted by Crippen LogP contribution is 2.48. The van der Waals surface area contributed by atoms with Gasteiger partial charge in [0.15, 0.2) is 0 Å². The van der Waals surface area contributed by atoms with Crippen molar-refractivity contribution >= 4 is 28.8 Å². The van der Waals surface area contributed by atoms with Gasteiger partial charge in [0.1, 0.15) is 0 Å². The number of hydrogen-bond acceptors (Lipinski definition) is 1. The number of benzene rings is 1.